The minimum absolute atomic E-state index is 0.111. The van der Waals surface area contributed by atoms with Crippen molar-refractivity contribution in [1.82, 2.24) is 0 Å². The number of nitro groups is 1. The van der Waals surface area contributed by atoms with Crippen LogP contribution in [0.25, 0.3) is 0 Å². The van der Waals surface area contributed by atoms with E-state index in [1.807, 2.05) is 6.92 Å². The molecule has 0 aliphatic rings. The van der Waals surface area contributed by atoms with E-state index in [1.54, 1.807) is 12.1 Å². The molecule has 0 aliphatic carbocycles. The third-order valence-corrected chi connectivity index (χ3v) is 2.57. The van der Waals surface area contributed by atoms with Crippen LogP contribution in [0.15, 0.2) is 24.3 Å². The number of nitrogens with one attached hydrogen (secondary N) is 1. The number of aliphatic carboxylic acids is 1. The Hall–Kier alpha value is -2.11. The van der Waals surface area contributed by atoms with Crippen LogP contribution in [0.5, 0.6) is 0 Å². The largest absolute Gasteiger partial charge is 0.480 e. The molecule has 1 rings (SSSR count). The molecule has 0 bridgehead atoms. The molecule has 0 radical (unpaired) electrons. The van der Waals surface area contributed by atoms with Crippen molar-refractivity contribution in [3.63, 3.8) is 0 Å². The lowest BCUT2D eigenvalue weighted by atomic mass is 10.1. The summed E-state index contributed by atoms with van der Waals surface area (Å²) in [5.74, 6) is -0.999. The summed E-state index contributed by atoms with van der Waals surface area (Å²) in [6.07, 6.45) is 2.07. The fraction of sp³-hybridized carbons (Fsp3) is 0.417. The van der Waals surface area contributed by atoms with Gasteiger partial charge in [0.05, 0.1) is 4.92 Å². The van der Waals surface area contributed by atoms with E-state index in [2.05, 4.69) is 5.32 Å². The zero-order valence-corrected chi connectivity index (χ0v) is 10.1. The molecule has 6 nitrogen and oxygen atoms in total. The van der Waals surface area contributed by atoms with Crippen molar-refractivity contribution >= 4 is 17.3 Å². The number of para-hydroxylation sites is 2. The molecule has 0 saturated heterocycles. The number of benzene rings is 1. The predicted octanol–water partition coefficient (Wildman–Crippen LogP) is 2.65. The predicted molar refractivity (Wildman–Crippen MR) is 67.7 cm³/mol. The molecule has 98 valence electrons. The van der Waals surface area contributed by atoms with Gasteiger partial charge in [-0.05, 0) is 12.5 Å². The fourth-order valence-electron chi connectivity index (χ4n) is 1.61. The molecular formula is C12H16N2O4. The molecule has 0 aromatic heterocycles. The van der Waals surface area contributed by atoms with Crippen LogP contribution in [0.2, 0.25) is 0 Å². The standard InChI is InChI=1S/C12H16N2O4/c1-2-3-6-10(12(15)16)13-9-7-4-5-8-11(9)14(17)18/h4-5,7-8,10,13H,2-3,6H2,1H3,(H,15,16)/t10-/m0/s1. The molecule has 1 aromatic carbocycles. The van der Waals surface area contributed by atoms with Crippen LogP contribution in [0.1, 0.15) is 26.2 Å². The topological polar surface area (TPSA) is 92.5 Å². The normalized spacial score (nSPS) is 11.8. The zero-order valence-electron chi connectivity index (χ0n) is 10.1. The lowest BCUT2D eigenvalue weighted by Gasteiger charge is -2.15. The Morgan fingerprint density at radius 2 is 2.17 bits per heavy atom. The van der Waals surface area contributed by atoms with Crippen LogP contribution in [0.4, 0.5) is 11.4 Å². The van der Waals surface area contributed by atoms with Crippen molar-refractivity contribution in [3.8, 4) is 0 Å². The number of hydrogen-bond donors (Lipinski definition) is 2. The quantitative estimate of drug-likeness (QED) is 0.574. The molecule has 0 aliphatic heterocycles. The number of rotatable bonds is 7. The second-order valence-electron chi connectivity index (χ2n) is 3.95. The summed E-state index contributed by atoms with van der Waals surface area (Å²) in [5, 5.41) is 22.6. The first-order valence-corrected chi connectivity index (χ1v) is 5.79. The maximum atomic E-state index is 11.1. The third-order valence-electron chi connectivity index (χ3n) is 2.57. The Bertz CT molecular complexity index is 434. The minimum atomic E-state index is -0.999. The highest BCUT2D eigenvalue weighted by atomic mass is 16.6. The van der Waals surface area contributed by atoms with Crippen LogP contribution in [0.3, 0.4) is 0 Å². The first-order valence-electron chi connectivity index (χ1n) is 5.79. The van der Waals surface area contributed by atoms with Gasteiger partial charge in [-0.25, -0.2) is 4.79 Å². The second kappa shape index (κ2) is 6.58. The maximum absolute atomic E-state index is 11.1. The van der Waals surface area contributed by atoms with Gasteiger partial charge in [-0.15, -0.1) is 0 Å². The molecule has 0 fully saturated rings. The Labute approximate surface area is 105 Å². The fourth-order valence-corrected chi connectivity index (χ4v) is 1.61. The average Bonchev–Trinajstić information content (AvgIpc) is 2.34. The molecule has 6 heteroatoms. The SMILES string of the molecule is CCCC[C@H](Nc1ccccc1[N+](=O)[O-])C(=O)O. The molecule has 0 unspecified atom stereocenters. The first-order chi connectivity index (χ1) is 8.56. The van der Waals surface area contributed by atoms with Crippen molar-refractivity contribution in [2.75, 3.05) is 5.32 Å². The summed E-state index contributed by atoms with van der Waals surface area (Å²) >= 11 is 0. The molecule has 1 atom stereocenters. The van der Waals surface area contributed by atoms with Crippen molar-refractivity contribution in [3.05, 3.63) is 34.4 Å². The summed E-state index contributed by atoms with van der Waals surface area (Å²) in [6.45, 7) is 1.96. The average molecular weight is 252 g/mol. The van der Waals surface area contributed by atoms with E-state index in [1.165, 1.54) is 12.1 Å². The lowest BCUT2D eigenvalue weighted by molar-refractivity contribution is -0.384. The van der Waals surface area contributed by atoms with Crippen LogP contribution in [-0.2, 0) is 4.79 Å². The van der Waals surface area contributed by atoms with Gasteiger partial charge in [0.1, 0.15) is 11.7 Å². The van der Waals surface area contributed by atoms with Gasteiger partial charge in [0.15, 0.2) is 0 Å². The van der Waals surface area contributed by atoms with Gasteiger partial charge in [0, 0.05) is 6.07 Å². The number of nitro benzene ring substituents is 1. The van der Waals surface area contributed by atoms with Crippen LogP contribution in [-0.4, -0.2) is 22.0 Å². The molecule has 0 heterocycles. The molecule has 0 amide bonds. The van der Waals surface area contributed by atoms with Gasteiger partial charge in [-0.2, -0.15) is 0 Å². The van der Waals surface area contributed by atoms with E-state index in [4.69, 9.17) is 5.11 Å². The zero-order chi connectivity index (χ0) is 13.5. The van der Waals surface area contributed by atoms with Crippen LogP contribution in [0, 0.1) is 10.1 Å². The Morgan fingerprint density at radius 1 is 1.50 bits per heavy atom. The van der Waals surface area contributed by atoms with E-state index in [0.717, 1.165) is 12.8 Å². The van der Waals surface area contributed by atoms with E-state index in [0.29, 0.717) is 6.42 Å². The van der Waals surface area contributed by atoms with Crippen LogP contribution >= 0.6 is 0 Å². The lowest BCUT2D eigenvalue weighted by Crippen LogP contribution is -2.29. The highest BCUT2D eigenvalue weighted by Crippen LogP contribution is 2.24. The highest BCUT2D eigenvalue weighted by molar-refractivity contribution is 5.78. The maximum Gasteiger partial charge on any atom is 0.326 e. The molecule has 0 spiro atoms. The van der Waals surface area contributed by atoms with Crippen molar-refractivity contribution in [1.29, 1.82) is 0 Å². The van der Waals surface area contributed by atoms with Crippen molar-refractivity contribution in [2.24, 2.45) is 0 Å². The van der Waals surface area contributed by atoms with Gasteiger partial charge in [0.2, 0.25) is 0 Å². The Morgan fingerprint density at radius 3 is 2.72 bits per heavy atom. The summed E-state index contributed by atoms with van der Waals surface area (Å²) in [7, 11) is 0. The number of carboxylic acids is 1. The third kappa shape index (κ3) is 3.73. The summed E-state index contributed by atoms with van der Waals surface area (Å²) in [4.78, 5) is 21.3. The van der Waals surface area contributed by atoms with E-state index >= 15 is 0 Å². The van der Waals surface area contributed by atoms with Crippen molar-refractivity contribution in [2.45, 2.75) is 32.2 Å². The minimum Gasteiger partial charge on any atom is -0.480 e. The molecule has 0 saturated carbocycles. The summed E-state index contributed by atoms with van der Waals surface area (Å²) in [6, 6.07) is 5.24. The number of unbranched alkanes of at least 4 members (excludes halogenated alkanes) is 1. The smallest absolute Gasteiger partial charge is 0.326 e. The second-order valence-corrected chi connectivity index (χ2v) is 3.95. The molecular weight excluding hydrogens is 236 g/mol. The van der Waals surface area contributed by atoms with Gasteiger partial charge < -0.3 is 10.4 Å². The van der Waals surface area contributed by atoms with E-state index in [-0.39, 0.29) is 11.4 Å². The molecule has 2 N–H and O–H groups in total. The number of nitrogens with zero attached hydrogens (tertiary/aromatic N) is 1. The van der Waals surface area contributed by atoms with Gasteiger partial charge in [0.25, 0.3) is 5.69 Å². The number of hydrogen-bond acceptors (Lipinski definition) is 4. The van der Waals surface area contributed by atoms with E-state index < -0.39 is 16.9 Å². The van der Waals surface area contributed by atoms with Crippen LogP contribution < -0.4 is 5.32 Å². The van der Waals surface area contributed by atoms with Gasteiger partial charge in [-0.1, -0.05) is 31.9 Å². The Kier molecular flexibility index (Phi) is 5.10. The first kappa shape index (κ1) is 14.0. The Balaban J connectivity index is 2.86. The summed E-state index contributed by atoms with van der Waals surface area (Å²) < 4.78 is 0. The molecule has 18 heavy (non-hydrogen) atoms. The van der Waals surface area contributed by atoms with Gasteiger partial charge in [-0.3, -0.25) is 10.1 Å². The monoisotopic (exact) mass is 252 g/mol. The summed E-state index contributed by atoms with van der Waals surface area (Å²) in [5.41, 5.74) is 0.131. The number of anilines is 1. The van der Waals surface area contributed by atoms with Crippen molar-refractivity contribution < 1.29 is 14.8 Å². The van der Waals surface area contributed by atoms with Gasteiger partial charge >= 0.3 is 5.97 Å². The highest BCUT2D eigenvalue weighted by Gasteiger charge is 2.20. The number of carbonyl (C=O) groups is 1. The molecule has 1 aromatic rings. The number of carboxylic acid groups (broad SMARTS) is 1. The van der Waals surface area contributed by atoms with E-state index in [9.17, 15) is 14.9 Å².